The van der Waals surface area contributed by atoms with Gasteiger partial charge in [-0.25, -0.2) is 4.68 Å². The van der Waals surface area contributed by atoms with E-state index in [0.717, 1.165) is 24.2 Å². The van der Waals surface area contributed by atoms with Crippen molar-refractivity contribution in [1.82, 2.24) is 30.1 Å². The SMILES string of the molecule is COCCCCc1c(C(=O)N(CC(C)C)[C@@H]2CNC[C@H](C(=O)N3CCOCC3)C2)nnn1-c1cccc(OC)c1.Cl. The van der Waals surface area contributed by atoms with Crippen LogP contribution in [0.5, 0.6) is 5.75 Å². The highest BCUT2D eigenvalue weighted by Crippen LogP contribution is 2.25. The number of aromatic nitrogens is 3. The average Bonchev–Trinajstić information content (AvgIpc) is 3.41. The van der Waals surface area contributed by atoms with E-state index in [4.69, 9.17) is 14.2 Å². The molecule has 1 aromatic heterocycles. The number of nitrogens with zero attached hydrogens (tertiary/aromatic N) is 5. The van der Waals surface area contributed by atoms with Crippen molar-refractivity contribution in [2.75, 3.05) is 66.8 Å². The maximum Gasteiger partial charge on any atom is 0.276 e. The molecule has 2 aliphatic rings. The number of carbonyl (C=O) groups is 2. The van der Waals surface area contributed by atoms with Crippen LogP contribution in [0, 0.1) is 11.8 Å². The number of methoxy groups -OCH3 is 2. The van der Waals surface area contributed by atoms with E-state index in [1.807, 2.05) is 34.1 Å². The zero-order valence-corrected chi connectivity index (χ0v) is 25.5. The predicted molar refractivity (Wildman–Crippen MR) is 158 cm³/mol. The fourth-order valence-electron chi connectivity index (χ4n) is 5.49. The Kier molecular flexibility index (Phi) is 12.8. The first kappa shape index (κ1) is 32.8. The molecule has 4 rings (SSSR count). The number of piperidine rings is 1. The standard InChI is InChI=1S/C29H44N6O5.ClH/c1-21(2)20-34(24-16-22(18-30-19-24)28(36)33-11-14-40-15-12-33)29(37)27-26(10-5-6-13-38-3)35(32-31-27)23-8-7-9-25(17-23)39-4;/h7-9,17,21-22,24,30H,5-6,10-16,18-20H2,1-4H3;1H/t22-,24+;/m1./s1. The summed E-state index contributed by atoms with van der Waals surface area (Å²) in [4.78, 5) is 31.4. The molecule has 2 saturated heterocycles. The van der Waals surface area contributed by atoms with Gasteiger partial charge in [0.05, 0.1) is 37.6 Å². The van der Waals surface area contributed by atoms with Crippen molar-refractivity contribution in [3.8, 4) is 11.4 Å². The Balaban J connectivity index is 0.00000462. The number of halogens is 1. The summed E-state index contributed by atoms with van der Waals surface area (Å²) in [5.41, 5.74) is 1.92. The van der Waals surface area contributed by atoms with Crippen LogP contribution in [0.4, 0.5) is 0 Å². The molecule has 2 aromatic rings. The van der Waals surface area contributed by atoms with Gasteiger partial charge in [-0.1, -0.05) is 25.1 Å². The Labute approximate surface area is 249 Å². The lowest BCUT2D eigenvalue weighted by Gasteiger charge is -2.40. The minimum Gasteiger partial charge on any atom is -0.497 e. The summed E-state index contributed by atoms with van der Waals surface area (Å²) in [5.74, 6) is 0.770. The fourth-order valence-corrected chi connectivity index (χ4v) is 5.49. The van der Waals surface area contributed by atoms with Crippen molar-refractivity contribution in [1.29, 1.82) is 0 Å². The van der Waals surface area contributed by atoms with Crippen LogP contribution >= 0.6 is 12.4 Å². The first-order valence-electron chi connectivity index (χ1n) is 14.4. The van der Waals surface area contributed by atoms with Gasteiger partial charge in [0.25, 0.3) is 5.91 Å². The summed E-state index contributed by atoms with van der Waals surface area (Å²) in [5, 5.41) is 12.3. The lowest BCUT2D eigenvalue weighted by atomic mass is 9.92. The molecule has 2 atom stereocenters. The minimum atomic E-state index is -0.180. The number of carbonyl (C=O) groups excluding carboxylic acids is 2. The molecule has 1 N–H and O–H groups in total. The van der Waals surface area contributed by atoms with Gasteiger partial charge in [-0.15, -0.1) is 17.5 Å². The number of amides is 2. The molecule has 2 amide bonds. The Bertz CT molecular complexity index is 1120. The number of hydrogen-bond donors (Lipinski definition) is 1. The number of morpholine rings is 1. The van der Waals surface area contributed by atoms with Crippen LogP contribution < -0.4 is 10.1 Å². The first-order valence-corrected chi connectivity index (χ1v) is 14.4. The predicted octanol–water partition coefficient (Wildman–Crippen LogP) is 2.60. The van der Waals surface area contributed by atoms with E-state index >= 15 is 0 Å². The number of nitrogens with one attached hydrogen (secondary N) is 1. The molecule has 3 heterocycles. The molecule has 2 aliphatic heterocycles. The highest BCUT2D eigenvalue weighted by atomic mass is 35.5. The maximum atomic E-state index is 14.3. The van der Waals surface area contributed by atoms with Crippen LogP contribution in [-0.4, -0.2) is 109 Å². The summed E-state index contributed by atoms with van der Waals surface area (Å²) < 4.78 is 17.8. The van der Waals surface area contributed by atoms with Gasteiger partial charge in [-0.2, -0.15) is 0 Å². The molecule has 2 fully saturated rings. The van der Waals surface area contributed by atoms with E-state index in [-0.39, 0.29) is 42.1 Å². The second kappa shape index (κ2) is 16.1. The van der Waals surface area contributed by atoms with E-state index in [1.54, 1.807) is 18.9 Å². The number of benzene rings is 1. The number of hydrogen-bond acceptors (Lipinski definition) is 8. The van der Waals surface area contributed by atoms with Gasteiger partial charge in [0.2, 0.25) is 5.91 Å². The molecule has 0 saturated carbocycles. The van der Waals surface area contributed by atoms with E-state index in [1.165, 1.54) is 0 Å². The molecule has 0 spiro atoms. The summed E-state index contributed by atoms with van der Waals surface area (Å²) >= 11 is 0. The second-order valence-electron chi connectivity index (χ2n) is 11.0. The van der Waals surface area contributed by atoms with E-state index in [9.17, 15) is 9.59 Å². The molecule has 11 nitrogen and oxygen atoms in total. The van der Waals surface area contributed by atoms with Crippen LogP contribution in [0.2, 0.25) is 0 Å². The van der Waals surface area contributed by atoms with Crippen LogP contribution in [0.3, 0.4) is 0 Å². The van der Waals surface area contributed by atoms with Gasteiger partial charge in [0, 0.05) is 58.5 Å². The third-order valence-electron chi connectivity index (χ3n) is 7.54. The lowest BCUT2D eigenvalue weighted by Crippen LogP contribution is -2.56. The summed E-state index contributed by atoms with van der Waals surface area (Å²) in [6, 6.07) is 7.47. The smallest absolute Gasteiger partial charge is 0.276 e. The third kappa shape index (κ3) is 8.41. The van der Waals surface area contributed by atoms with E-state index < -0.39 is 0 Å². The molecule has 0 bridgehead atoms. The largest absolute Gasteiger partial charge is 0.497 e. The number of ether oxygens (including phenoxy) is 3. The third-order valence-corrected chi connectivity index (χ3v) is 7.54. The van der Waals surface area contributed by atoms with Gasteiger partial charge in [0.15, 0.2) is 5.69 Å². The van der Waals surface area contributed by atoms with Crippen molar-refractivity contribution < 1.29 is 23.8 Å². The highest BCUT2D eigenvalue weighted by Gasteiger charge is 2.37. The van der Waals surface area contributed by atoms with Gasteiger partial charge >= 0.3 is 0 Å². The Morgan fingerprint density at radius 2 is 1.95 bits per heavy atom. The van der Waals surface area contributed by atoms with Crippen molar-refractivity contribution in [2.24, 2.45) is 11.8 Å². The van der Waals surface area contributed by atoms with Crippen LogP contribution in [0.25, 0.3) is 5.69 Å². The monoisotopic (exact) mass is 592 g/mol. The van der Waals surface area contributed by atoms with Crippen molar-refractivity contribution >= 4 is 24.2 Å². The maximum absolute atomic E-state index is 14.3. The summed E-state index contributed by atoms with van der Waals surface area (Å²) in [7, 11) is 3.32. The van der Waals surface area contributed by atoms with Crippen LogP contribution in [0.1, 0.15) is 49.3 Å². The number of rotatable bonds is 12. The zero-order valence-electron chi connectivity index (χ0n) is 24.7. The first-order chi connectivity index (χ1) is 19.4. The molecular weight excluding hydrogens is 548 g/mol. The van der Waals surface area contributed by atoms with E-state index in [2.05, 4.69) is 29.5 Å². The van der Waals surface area contributed by atoms with Crippen molar-refractivity contribution in [3.63, 3.8) is 0 Å². The topological polar surface area (TPSA) is 111 Å². The molecule has 12 heteroatoms. The van der Waals surface area contributed by atoms with Gasteiger partial charge in [-0.05, 0) is 43.7 Å². The molecular formula is C29H45ClN6O5. The molecule has 0 radical (unpaired) electrons. The minimum absolute atomic E-state index is 0. The zero-order chi connectivity index (χ0) is 28.5. The summed E-state index contributed by atoms with van der Waals surface area (Å²) in [6.45, 7) is 9.06. The lowest BCUT2D eigenvalue weighted by molar-refractivity contribution is -0.140. The van der Waals surface area contributed by atoms with Crippen molar-refractivity contribution in [3.05, 3.63) is 35.7 Å². The van der Waals surface area contributed by atoms with Crippen LogP contribution in [-0.2, 0) is 20.7 Å². The average molecular weight is 593 g/mol. The molecule has 1 aromatic carbocycles. The normalized spacial score (nSPS) is 19.1. The molecule has 0 unspecified atom stereocenters. The molecule has 0 aliphatic carbocycles. The van der Waals surface area contributed by atoms with Gasteiger partial charge < -0.3 is 29.3 Å². The van der Waals surface area contributed by atoms with E-state index in [0.29, 0.717) is 76.8 Å². The van der Waals surface area contributed by atoms with Crippen LogP contribution in [0.15, 0.2) is 24.3 Å². The quantitative estimate of drug-likeness (QED) is 0.375. The highest BCUT2D eigenvalue weighted by molar-refractivity contribution is 5.94. The second-order valence-corrected chi connectivity index (χ2v) is 11.0. The summed E-state index contributed by atoms with van der Waals surface area (Å²) in [6.07, 6.45) is 2.94. The van der Waals surface area contributed by atoms with Gasteiger partial charge in [-0.3, -0.25) is 9.59 Å². The number of unbranched alkanes of at least 4 members (excludes halogenated alkanes) is 1. The Morgan fingerprint density at radius 3 is 2.66 bits per heavy atom. The van der Waals surface area contributed by atoms with Crippen molar-refractivity contribution in [2.45, 2.75) is 45.6 Å². The Morgan fingerprint density at radius 1 is 1.17 bits per heavy atom. The molecule has 41 heavy (non-hydrogen) atoms. The Hall–Kier alpha value is -2.73. The molecule has 228 valence electrons. The van der Waals surface area contributed by atoms with Gasteiger partial charge in [0.1, 0.15) is 5.75 Å². The fraction of sp³-hybridized carbons (Fsp3) is 0.655.